The van der Waals surface area contributed by atoms with E-state index in [1.54, 1.807) is 0 Å². The number of aliphatic imine (C=N–C) groups is 1. The van der Waals surface area contributed by atoms with Crippen LogP contribution in [-0.4, -0.2) is 42.1 Å². The molecule has 1 aliphatic heterocycles. The molecule has 0 bridgehead atoms. The first-order valence-electron chi connectivity index (χ1n) is 7.27. The lowest BCUT2D eigenvalue weighted by Gasteiger charge is -2.40. The molecule has 4 nitrogen and oxygen atoms in total. The van der Waals surface area contributed by atoms with Gasteiger partial charge in [-0.3, -0.25) is 9.89 Å². The van der Waals surface area contributed by atoms with E-state index in [2.05, 4.69) is 42.9 Å². The average molecular weight is 254 g/mol. The van der Waals surface area contributed by atoms with Crippen LogP contribution in [0.25, 0.3) is 0 Å². The number of hydrogen-bond acceptors (Lipinski definition) is 2. The van der Waals surface area contributed by atoms with Crippen LogP contribution in [0.15, 0.2) is 4.99 Å². The predicted octanol–water partition coefficient (Wildman–Crippen LogP) is 1.95. The summed E-state index contributed by atoms with van der Waals surface area (Å²) in [4.78, 5) is 7.04. The Kier molecular flexibility index (Phi) is 5.93. The Morgan fingerprint density at radius 3 is 2.50 bits per heavy atom. The molecule has 18 heavy (non-hydrogen) atoms. The molecule has 1 rings (SSSR count). The number of nitrogens with one attached hydrogen (secondary N) is 1. The van der Waals surface area contributed by atoms with Crippen LogP contribution in [0.2, 0.25) is 0 Å². The third-order valence-electron chi connectivity index (χ3n) is 3.86. The van der Waals surface area contributed by atoms with E-state index in [0.29, 0.717) is 12.0 Å². The highest BCUT2D eigenvalue weighted by molar-refractivity contribution is 5.78. The summed E-state index contributed by atoms with van der Waals surface area (Å²) in [6.07, 6.45) is 5.06. The van der Waals surface area contributed by atoms with Crippen LogP contribution in [0.5, 0.6) is 0 Å². The van der Waals surface area contributed by atoms with Gasteiger partial charge in [-0.05, 0) is 53.1 Å². The molecule has 0 aliphatic carbocycles. The Bertz CT molecular complexity index is 267. The van der Waals surface area contributed by atoms with Crippen molar-refractivity contribution >= 4 is 5.96 Å². The molecular weight excluding hydrogens is 224 g/mol. The van der Waals surface area contributed by atoms with Crippen LogP contribution < -0.4 is 11.1 Å². The summed E-state index contributed by atoms with van der Waals surface area (Å²) < 4.78 is 0. The summed E-state index contributed by atoms with van der Waals surface area (Å²) in [7, 11) is 0. The largest absolute Gasteiger partial charge is 0.370 e. The molecule has 1 atom stereocenters. The van der Waals surface area contributed by atoms with Gasteiger partial charge >= 0.3 is 0 Å². The first-order valence-corrected chi connectivity index (χ1v) is 7.27. The molecule has 1 heterocycles. The van der Waals surface area contributed by atoms with Crippen LogP contribution in [-0.2, 0) is 0 Å². The van der Waals surface area contributed by atoms with Gasteiger partial charge < -0.3 is 11.1 Å². The van der Waals surface area contributed by atoms with Crippen molar-refractivity contribution in [1.82, 2.24) is 10.2 Å². The van der Waals surface area contributed by atoms with E-state index in [0.717, 1.165) is 13.0 Å². The van der Waals surface area contributed by atoms with Gasteiger partial charge in [-0.15, -0.1) is 0 Å². The summed E-state index contributed by atoms with van der Waals surface area (Å²) in [5.41, 5.74) is 6.02. The van der Waals surface area contributed by atoms with Crippen molar-refractivity contribution in [2.75, 3.05) is 19.6 Å². The monoisotopic (exact) mass is 254 g/mol. The molecule has 4 heteroatoms. The van der Waals surface area contributed by atoms with Gasteiger partial charge in [0.15, 0.2) is 5.96 Å². The van der Waals surface area contributed by atoms with Crippen LogP contribution in [0.4, 0.5) is 0 Å². The van der Waals surface area contributed by atoms with Gasteiger partial charge in [0.1, 0.15) is 0 Å². The second-order valence-corrected chi connectivity index (χ2v) is 6.02. The minimum Gasteiger partial charge on any atom is -0.370 e. The highest BCUT2D eigenvalue weighted by atomic mass is 15.2. The van der Waals surface area contributed by atoms with Crippen LogP contribution in [0, 0.1) is 0 Å². The van der Waals surface area contributed by atoms with Gasteiger partial charge in [-0.2, -0.15) is 0 Å². The minimum absolute atomic E-state index is 0.113. The first kappa shape index (κ1) is 15.3. The highest BCUT2D eigenvalue weighted by Crippen LogP contribution is 2.20. The Morgan fingerprint density at radius 2 is 1.94 bits per heavy atom. The number of hydrogen-bond donors (Lipinski definition) is 2. The van der Waals surface area contributed by atoms with Gasteiger partial charge in [0.2, 0.25) is 0 Å². The van der Waals surface area contributed by atoms with E-state index in [9.17, 15) is 0 Å². The molecule has 0 aromatic rings. The van der Waals surface area contributed by atoms with Crippen molar-refractivity contribution < 1.29 is 0 Å². The quantitative estimate of drug-likeness (QED) is 0.582. The smallest absolute Gasteiger partial charge is 0.188 e. The summed E-state index contributed by atoms with van der Waals surface area (Å²) in [5, 5.41) is 3.21. The maximum Gasteiger partial charge on any atom is 0.188 e. The molecule has 0 unspecified atom stereocenters. The van der Waals surface area contributed by atoms with Crippen LogP contribution >= 0.6 is 0 Å². The lowest BCUT2D eigenvalue weighted by atomic mass is 9.99. The zero-order valence-corrected chi connectivity index (χ0v) is 12.5. The van der Waals surface area contributed by atoms with Crippen molar-refractivity contribution in [1.29, 1.82) is 0 Å². The van der Waals surface area contributed by atoms with Crippen LogP contribution in [0.3, 0.4) is 0 Å². The number of guanidine groups is 1. The van der Waals surface area contributed by atoms with E-state index >= 15 is 0 Å². The molecule has 0 radical (unpaired) electrons. The molecule has 0 amide bonds. The maximum atomic E-state index is 5.91. The minimum atomic E-state index is 0.113. The topological polar surface area (TPSA) is 53.6 Å². The number of nitrogens with zero attached hydrogens (tertiary/aromatic N) is 2. The second kappa shape index (κ2) is 6.98. The molecule has 0 aromatic heterocycles. The predicted molar refractivity (Wildman–Crippen MR) is 78.9 cm³/mol. The summed E-state index contributed by atoms with van der Waals surface area (Å²) >= 11 is 0. The standard InChI is InChI=1S/C14H30N4/c1-5-12(2)17-13(15)16-11-14(3,4)18-9-7-6-8-10-18/h12H,5-11H2,1-4H3,(H3,15,16,17)/t12-/m0/s1. The molecule has 0 spiro atoms. The van der Waals surface area contributed by atoms with E-state index in [1.165, 1.54) is 32.4 Å². The average Bonchev–Trinajstić information content (AvgIpc) is 2.37. The number of rotatable bonds is 5. The number of likely N-dealkylation sites (tertiary alicyclic amines) is 1. The molecule has 106 valence electrons. The zero-order valence-electron chi connectivity index (χ0n) is 12.5. The van der Waals surface area contributed by atoms with Gasteiger partial charge in [-0.1, -0.05) is 13.3 Å². The molecular formula is C14H30N4. The highest BCUT2D eigenvalue weighted by Gasteiger charge is 2.27. The van der Waals surface area contributed by atoms with Crippen molar-refractivity contribution in [3.05, 3.63) is 0 Å². The van der Waals surface area contributed by atoms with E-state index < -0.39 is 0 Å². The van der Waals surface area contributed by atoms with Gasteiger partial charge in [0.05, 0.1) is 6.54 Å². The normalized spacial score (nSPS) is 20.8. The molecule has 3 N–H and O–H groups in total. The SMILES string of the molecule is CC[C@H](C)NC(N)=NCC(C)(C)N1CCCCC1. The zero-order chi connectivity index (χ0) is 13.6. The molecule has 0 aromatic carbocycles. The van der Waals surface area contributed by atoms with Crippen molar-refractivity contribution in [3.8, 4) is 0 Å². The Hall–Kier alpha value is -0.770. The van der Waals surface area contributed by atoms with E-state index in [1.807, 2.05) is 0 Å². The van der Waals surface area contributed by atoms with Crippen molar-refractivity contribution in [3.63, 3.8) is 0 Å². The fourth-order valence-corrected chi connectivity index (χ4v) is 2.28. The Morgan fingerprint density at radius 1 is 1.33 bits per heavy atom. The van der Waals surface area contributed by atoms with E-state index in [4.69, 9.17) is 5.73 Å². The lowest BCUT2D eigenvalue weighted by molar-refractivity contribution is 0.102. The first-order chi connectivity index (χ1) is 8.45. The summed E-state index contributed by atoms with van der Waals surface area (Å²) in [6.45, 7) is 11.9. The molecule has 1 aliphatic rings. The molecule has 1 fully saturated rings. The second-order valence-electron chi connectivity index (χ2n) is 6.02. The molecule has 0 saturated carbocycles. The molecule has 1 saturated heterocycles. The Balaban J connectivity index is 2.46. The maximum absolute atomic E-state index is 5.91. The van der Waals surface area contributed by atoms with E-state index in [-0.39, 0.29) is 5.54 Å². The fraction of sp³-hybridized carbons (Fsp3) is 0.929. The third-order valence-corrected chi connectivity index (χ3v) is 3.86. The van der Waals surface area contributed by atoms with Crippen molar-refractivity contribution in [2.24, 2.45) is 10.7 Å². The van der Waals surface area contributed by atoms with Gasteiger partial charge in [-0.25, -0.2) is 0 Å². The third kappa shape index (κ3) is 4.84. The number of piperidine rings is 1. The van der Waals surface area contributed by atoms with Crippen molar-refractivity contribution in [2.45, 2.75) is 65.0 Å². The van der Waals surface area contributed by atoms with Gasteiger partial charge in [0, 0.05) is 11.6 Å². The Labute approximate surface area is 112 Å². The van der Waals surface area contributed by atoms with Crippen LogP contribution in [0.1, 0.15) is 53.4 Å². The van der Waals surface area contributed by atoms with Gasteiger partial charge in [0.25, 0.3) is 0 Å². The fourth-order valence-electron chi connectivity index (χ4n) is 2.28. The summed E-state index contributed by atoms with van der Waals surface area (Å²) in [6, 6.07) is 0.395. The lowest BCUT2D eigenvalue weighted by Crippen LogP contribution is -2.49. The number of nitrogens with two attached hydrogens (primary N) is 1. The summed E-state index contributed by atoms with van der Waals surface area (Å²) in [5.74, 6) is 0.578.